The number of benzene rings is 2. The molecule has 0 aromatic heterocycles. The minimum atomic E-state index is -4.88. The summed E-state index contributed by atoms with van der Waals surface area (Å²) < 4.78 is 83.6. The number of likely N-dealkylation sites (N-methyl/N-ethyl adjacent to an activating group) is 1. The first-order valence-corrected chi connectivity index (χ1v) is 8.88. The second kappa shape index (κ2) is 8.75. The van der Waals surface area contributed by atoms with Crippen molar-refractivity contribution in [1.82, 2.24) is 4.90 Å². The second-order valence-corrected chi connectivity index (χ2v) is 7.57. The van der Waals surface area contributed by atoms with E-state index in [2.05, 4.69) is 0 Å². The zero-order valence-electron chi connectivity index (χ0n) is 16.4. The number of nitrogens with zero attached hydrogens (tertiary/aromatic N) is 1. The van der Waals surface area contributed by atoms with Crippen LogP contribution in [0.4, 0.5) is 26.3 Å². The van der Waals surface area contributed by atoms with Gasteiger partial charge in [0.1, 0.15) is 0 Å². The summed E-state index contributed by atoms with van der Waals surface area (Å²) in [4.78, 5) is 1.95. The third-order valence-electron chi connectivity index (χ3n) is 4.47. The molecule has 1 atom stereocenters. The highest BCUT2D eigenvalue weighted by atomic mass is 19.4. The van der Waals surface area contributed by atoms with Crippen LogP contribution in [0, 0.1) is 0 Å². The van der Waals surface area contributed by atoms with E-state index < -0.39 is 28.9 Å². The molecule has 0 N–H and O–H groups in total. The molecule has 0 saturated carbocycles. The lowest BCUT2D eigenvalue weighted by molar-refractivity contribution is -0.143. The van der Waals surface area contributed by atoms with Crippen LogP contribution in [0.3, 0.4) is 0 Å². The highest BCUT2D eigenvalue weighted by Gasteiger charge is 2.37. The van der Waals surface area contributed by atoms with Gasteiger partial charge >= 0.3 is 12.4 Å². The Bertz CT molecular complexity index is 769. The summed E-state index contributed by atoms with van der Waals surface area (Å²) in [5, 5.41) is 0. The van der Waals surface area contributed by atoms with E-state index in [1.807, 2.05) is 56.3 Å². The first kappa shape index (κ1) is 23.2. The van der Waals surface area contributed by atoms with Crippen molar-refractivity contribution < 1.29 is 31.1 Å². The van der Waals surface area contributed by atoms with Gasteiger partial charge in [0.25, 0.3) is 0 Å². The molecule has 0 aliphatic heterocycles. The molecule has 1 unspecified atom stereocenters. The maximum Gasteiger partial charge on any atom is 0.416 e. The Kier molecular flexibility index (Phi) is 7.01. The van der Waals surface area contributed by atoms with Crippen molar-refractivity contribution >= 4 is 0 Å². The van der Waals surface area contributed by atoms with E-state index >= 15 is 0 Å². The second-order valence-electron chi connectivity index (χ2n) is 7.57. The molecule has 160 valence electrons. The van der Waals surface area contributed by atoms with Crippen LogP contribution >= 0.6 is 0 Å². The van der Waals surface area contributed by atoms with E-state index in [0.29, 0.717) is 18.7 Å². The Labute approximate surface area is 166 Å². The van der Waals surface area contributed by atoms with Crippen LogP contribution < -0.4 is 0 Å². The van der Waals surface area contributed by atoms with Gasteiger partial charge < -0.3 is 9.64 Å². The number of hydrogen-bond donors (Lipinski definition) is 0. The van der Waals surface area contributed by atoms with Crippen LogP contribution in [0.2, 0.25) is 0 Å². The van der Waals surface area contributed by atoms with Crippen molar-refractivity contribution in [2.75, 3.05) is 27.2 Å². The largest absolute Gasteiger partial charge is 0.416 e. The molecule has 2 aromatic carbocycles. The molecule has 2 aromatic rings. The molecule has 2 rings (SSSR count). The number of hydrogen-bond acceptors (Lipinski definition) is 2. The lowest BCUT2D eigenvalue weighted by Crippen LogP contribution is -2.39. The summed E-state index contributed by atoms with van der Waals surface area (Å²) in [5.41, 5.74) is -2.38. The third-order valence-corrected chi connectivity index (χ3v) is 4.47. The summed E-state index contributed by atoms with van der Waals surface area (Å²) in [6.07, 6.45) is -9.75. The molecule has 0 aliphatic carbocycles. The first-order valence-electron chi connectivity index (χ1n) is 8.88. The van der Waals surface area contributed by atoms with Crippen molar-refractivity contribution in [3.8, 4) is 0 Å². The number of halogens is 6. The summed E-state index contributed by atoms with van der Waals surface area (Å²) in [7, 11) is 3.76. The van der Waals surface area contributed by atoms with E-state index in [0.717, 1.165) is 5.56 Å². The van der Waals surface area contributed by atoms with Crippen LogP contribution in [-0.4, -0.2) is 32.1 Å². The third kappa shape index (κ3) is 6.47. The van der Waals surface area contributed by atoms with Crippen molar-refractivity contribution in [1.29, 1.82) is 0 Å². The van der Waals surface area contributed by atoms with Crippen LogP contribution in [0.1, 0.15) is 29.2 Å². The quantitative estimate of drug-likeness (QED) is 0.529. The molecule has 0 heterocycles. The normalized spacial score (nSPS) is 14.8. The van der Waals surface area contributed by atoms with Crippen LogP contribution in [0.5, 0.6) is 0 Å². The van der Waals surface area contributed by atoms with Crippen molar-refractivity contribution in [2.45, 2.75) is 31.3 Å². The molecule has 0 saturated heterocycles. The van der Waals surface area contributed by atoms with E-state index in [4.69, 9.17) is 4.74 Å². The van der Waals surface area contributed by atoms with Gasteiger partial charge in [-0.15, -0.1) is 0 Å². The molecular formula is C21H23F6NO. The average Bonchev–Trinajstić information content (AvgIpc) is 2.60. The number of ether oxygens (including phenoxy) is 1. The maximum atomic E-state index is 13.0. The van der Waals surface area contributed by atoms with Crippen molar-refractivity contribution in [2.24, 2.45) is 0 Å². The fraction of sp³-hybridized carbons (Fsp3) is 0.429. The Balaban J connectivity index is 2.23. The fourth-order valence-electron chi connectivity index (χ4n) is 3.26. The molecule has 29 heavy (non-hydrogen) atoms. The molecule has 2 nitrogen and oxygen atoms in total. The molecule has 0 radical (unpaired) electrons. The predicted molar refractivity (Wildman–Crippen MR) is 98.5 cm³/mol. The van der Waals surface area contributed by atoms with Crippen LogP contribution in [0.15, 0.2) is 48.5 Å². The molecule has 0 bridgehead atoms. The molecule has 0 fully saturated rings. The fourth-order valence-corrected chi connectivity index (χ4v) is 3.26. The van der Waals surface area contributed by atoms with Gasteiger partial charge in [0.05, 0.1) is 24.3 Å². The van der Waals surface area contributed by atoms with E-state index in [1.165, 1.54) is 0 Å². The van der Waals surface area contributed by atoms with E-state index in [9.17, 15) is 26.3 Å². The van der Waals surface area contributed by atoms with Gasteiger partial charge in [0, 0.05) is 12.0 Å². The number of alkyl halides is 6. The zero-order chi connectivity index (χ0) is 21.9. The Morgan fingerprint density at radius 3 is 1.76 bits per heavy atom. The van der Waals surface area contributed by atoms with Gasteiger partial charge in [-0.3, -0.25) is 0 Å². The Morgan fingerprint density at radius 1 is 0.793 bits per heavy atom. The highest BCUT2D eigenvalue weighted by Crippen LogP contribution is 2.36. The zero-order valence-corrected chi connectivity index (χ0v) is 16.4. The minimum Gasteiger partial charge on any atom is -0.376 e. The Hall–Kier alpha value is -2.06. The SMILES string of the molecule is CN(C)CC(C)(COCc1cc(C(F)(F)F)cc(C(F)(F)F)c1)c1ccccc1. The molecule has 0 spiro atoms. The molecule has 0 aliphatic rings. The topological polar surface area (TPSA) is 12.5 Å². The van der Waals surface area contributed by atoms with E-state index in [-0.39, 0.29) is 24.8 Å². The van der Waals surface area contributed by atoms with Crippen LogP contribution in [-0.2, 0) is 29.1 Å². The highest BCUT2D eigenvalue weighted by molar-refractivity contribution is 5.33. The molecular weight excluding hydrogens is 396 g/mol. The Morgan fingerprint density at radius 2 is 1.31 bits per heavy atom. The predicted octanol–water partition coefficient (Wildman–Crippen LogP) is 5.76. The van der Waals surface area contributed by atoms with Crippen molar-refractivity contribution in [3.63, 3.8) is 0 Å². The molecule has 8 heteroatoms. The summed E-state index contributed by atoms with van der Waals surface area (Å²) in [5.74, 6) is 0. The first-order chi connectivity index (χ1) is 13.3. The standard InChI is InChI=1S/C21H23F6NO/c1-19(13-28(2)3,16-7-5-4-6-8-16)14-29-12-15-9-17(20(22,23)24)11-18(10-15)21(25,26)27/h4-11H,12-14H2,1-3H3. The van der Waals surface area contributed by atoms with Gasteiger partial charge in [0.15, 0.2) is 0 Å². The van der Waals surface area contributed by atoms with Gasteiger partial charge in [0.2, 0.25) is 0 Å². The van der Waals surface area contributed by atoms with Gasteiger partial charge in [-0.2, -0.15) is 26.3 Å². The van der Waals surface area contributed by atoms with Crippen LogP contribution in [0.25, 0.3) is 0 Å². The average molecular weight is 419 g/mol. The lowest BCUT2D eigenvalue weighted by Gasteiger charge is -2.33. The molecule has 0 amide bonds. The number of rotatable bonds is 7. The monoisotopic (exact) mass is 419 g/mol. The summed E-state index contributed by atoms with van der Waals surface area (Å²) in [6, 6.07) is 10.9. The van der Waals surface area contributed by atoms with E-state index in [1.54, 1.807) is 0 Å². The van der Waals surface area contributed by atoms with Gasteiger partial charge in [-0.1, -0.05) is 37.3 Å². The summed E-state index contributed by atoms with van der Waals surface area (Å²) in [6.45, 7) is 2.30. The smallest absolute Gasteiger partial charge is 0.376 e. The van der Waals surface area contributed by atoms with Crippen molar-refractivity contribution in [3.05, 3.63) is 70.8 Å². The van der Waals surface area contributed by atoms with Gasteiger partial charge in [-0.25, -0.2) is 0 Å². The minimum absolute atomic E-state index is 0.115. The summed E-state index contributed by atoms with van der Waals surface area (Å²) >= 11 is 0. The maximum absolute atomic E-state index is 13.0. The van der Waals surface area contributed by atoms with Gasteiger partial charge in [-0.05, 0) is 43.4 Å². The lowest BCUT2D eigenvalue weighted by atomic mass is 9.83.